The van der Waals surface area contributed by atoms with E-state index in [0.717, 1.165) is 32.9 Å². The summed E-state index contributed by atoms with van der Waals surface area (Å²) in [6, 6.07) is 19.9. The van der Waals surface area contributed by atoms with Gasteiger partial charge in [0.15, 0.2) is 0 Å². The highest BCUT2D eigenvalue weighted by Gasteiger charge is 2.17. The summed E-state index contributed by atoms with van der Waals surface area (Å²) in [5.74, 6) is -0.937. The molecule has 4 aromatic rings. The van der Waals surface area contributed by atoms with Crippen LogP contribution < -0.4 is 11.5 Å². The summed E-state index contributed by atoms with van der Waals surface area (Å²) in [5.41, 5.74) is 15.7. The number of ether oxygens (including phenoxy) is 1. The van der Waals surface area contributed by atoms with Gasteiger partial charge < -0.3 is 20.8 Å². The Bertz CT molecular complexity index is 1240. The summed E-state index contributed by atoms with van der Waals surface area (Å²) in [4.78, 5) is 23.4. The molecule has 0 aliphatic rings. The first-order chi connectivity index (χ1) is 14.0. The first-order valence-electron chi connectivity index (χ1n) is 9.12. The van der Waals surface area contributed by atoms with E-state index in [2.05, 4.69) is 10.6 Å². The number of amides is 2. The molecule has 0 aliphatic heterocycles. The molecule has 6 heteroatoms. The average Bonchev–Trinajstić information content (AvgIpc) is 3.02. The number of hydrogen-bond donors (Lipinski definition) is 2. The molecular formula is C23H20N3O3. The fraction of sp³-hybridized carbons (Fsp3) is 0.130. The van der Waals surface area contributed by atoms with E-state index in [9.17, 15) is 9.59 Å². The number of hydrogen-bond acceptors (Lipinski definition) is 3. The van der Waals surface area contributed by atoms with Crippen LogP contribution in [-0.4, -0.2) is 23.5 Å². The lowest BCUT2D eigenvalue weighted by atomic mass is 10.0. The van der Waals surface area contributed by atoms with Gasteiger partial charge in [-0.25, -0.2) is 0 Å². The lowest BCUT2D eigenvalue weighted by molar-refractivity contribution is 0.0992. The van der Waals surface area contributed by atoms with Crippen LogP contribution in [0, 0.1) is 6.07 Å². The third kappa shape index (κ3) is 3.34. The quantitative estimate of drug-likeness (QED) is 0.533. The Morgan fingerprint density at radius 1 is 1.00 bits per heavy atom. The predicted molar refractivity (Wildman–Crippen MR) is 112 cm³/mol. The SMILES string of the molecule is COCc1c[c]c2c3c(C(N)=O)cccc3n(Cc3ccc(C(N)=O)cc3)c2c1. The van der Waals surface area contributed by atoms with Crippen molar-refractivity contribution in [1.82, 2.24) is 4.57 Å². The van der Waals surface area contributed by atoms with Gasteiger partial charge >= 0.3 is 0 Å². The van der Waals surface area contributed by atoms with Gasteiger partial charge in [-0.05, 0) is 53.6 Å². The zero-order chi connectivity index (χ0) is 20.5. The first kappa shape index (κ1) is 18.7. The minimum absolute atomic E-state index is 0.460. The number of nitrogens with two attached hydrogens (primary N) is 2. The Morgan fingerprint density at radius 3 is 2.41 bits per heavy atom. The van der Waals surface area contributed by atoms with E-state index >= 15 is 0 Å². The van der Waals surface area contributed by atoms with Crippen molar-refractivity contribution < 1.29 is 14.3 Å². The van der Waals surface area contributed by atoms with E-state index in [-0.39, 0.29) is 0 Å². The second kappa shape index (κ2) is 7.41. The summed E-state index contributed by atoms with van der Waals surface area (Å²) in [5, 5.41) is 1.62. The van der Waals surface area contributed by atoms with Crippen molar-refractivity contribution in [3.8, 4) is 0 Å². The van der Waals surface area contributed by atoms with Gasteiger partial charge in [0.1, 0.15) is 0 Å². The van der Waals surface area contributed by atoms with Gasteiger partial charge in [0.2, 0.25) is 11.8 Å². The van der Waals surface area contributed by atoms with Crippen LogP contribution in [-0.2, 0) is 17.9 Å². The van der Waals surface area contributed by atoms with Crippen LogP contribution in [0.25, 0.3) is 21.8 Å². The topological polar surface area (TPSA) is 100 Å². The van der Waals surface area contributed by atoms with Crippen LogP contribution in [0.4, 0.5) is 0 Å². The fourth-order valence-electron chi connectivity index (χ4n) is 3.68. The van der Waals surface area contributed by atoms with E-state index in [0.29, 0.717) is 24.3 Å². The van der Waals surface area contributed by atoms with Crippen LogP contribution in [0.2, 0.25) is 0 Å². The van der Waals surface area contributed by atoms with Gasteiger partial charge in [-0.3, -0.25) is 9.59 Å². The van der Waals surface area contributed by atoms with E-state index in [1.54, 1.807) is 25.3 Å². The molecule has 0 unspecified atom stereocenters. The lowest BCUT2D eigenvalue weighted by Gasteiger charge is -2.09. The zero-order valence-corrected chi connectivity index (χ0v) is 15.9. The zero-order valence-electron chi connectivity index (χ0n) is 15.9. The van der Waals surface area contributed by atoms with Crippen LogP contribution in [0.3, 0.4) is 0 Å². The van der Waals surface area contributed by atoms with Gasteiger partial charge in [0, 0.05) is 35.6 Å². The number of nitrogens with zero attached hydrogens (tertiary/aromatic N) is 1. The largest absolute Gasteiger partial charge is 0.380 e. The van der Waals surface area contributed by atoms with Crippen LogP contribution in [0.5, 0.6) is 0 Å². The van der Waals surface area contributed by atoms with Gasteiger partial charge in [-0.2, -0.15) is 0 Å². The number of fused-ring (bicyclic) bond motifs is 3. The molecule has 0 aliphatic carbocycles. The summed E-state index contributed by atoms with van der Waals surface area (Å²) >= 11 is 0. The Morgan fingerprint density at radius 2 is 1.76 bits per heavy atom. The first-order valence-corrected chi connectivity index (χ1v) is 9.12. The average molecular weight is 386 g/mol. The maximum atomic E-state index is 12.0. The number of methoxy groups -OCH3 is 1. The number of carbonyl (C=O) groups excluding carboxylic acids is 2. The molecule has 4 rings (SSSR count). The number of aromatic nitrogens is 1. The molecule has 3 aromatic carbocycles. The van der Waals surface area contributed by atoms with Crippen molar-refractivity contribution in [2.75, 3.05) is 7.11 Å². The van der Waals surface area contributed by atoms with Gasteiger partial charge in [0.05, 0.1) is 17.6 Å². The number of primary amides is 2. The van der Waals surface area contributed by atoms with Crippen molar-refractivity contribution >= 4 is 33.6 Å². The van der Waals surface area contributed by atoms with Crippen molar-refractivity contribution in [1.29, 1.82) is 0 Å². The molecule has 4 N–H and O–H groups in total. The second-order valence-electron chi connectivity index (χ2n) is 6.91. The molecular weight excluding hydrogens is 366 g/mol. The van der Waals surface area contributed by atoms with Crippen LogP contribution in [0.1, 0.15) is 31.8 Å². The van der Waals surface area contributed by atoms with Gasteiger partial charge in [-0.15, -0.1) is 0 Å². The standard InChI is InChI=1S/C23H20N3O3/c1-29-13-15-7-10-17-20(11-15)26(12-14-5-8-16(9-6-14)22(24)27)19-4-2-3-18(21(17)19)23(25)28/h2-9,11H,12-13H2,1H3,(H2,24,27)(H2,25,28). The molecule has 1 aromatic heterocycles. The van der Waals surface area contributed by atoms with Crippen molar-refractivity contribution in [2.45, 2.75) is 13.2 Å². The molecule has 2 amide bonds. The third-order valence-electron chi connectivity index (χ3n) is 5.01. The van der Waals surface area contributed by atoms with Crippen molar-refractivity contribution in [2.24, 2.45) is 11.5 Å². The Labute approximate surface area is 167 Å². The van der Waals surface area contributed by atoms with E-state index < -0.39 is 11.8 Å². The molecule has 1 heterocycles. The predicted octanol–water partition coefficient (Wildman–Crippen LogP) is 2.99. The van der Waals surface area contributed by atoms with Crippen molar-refractivity contribution in [3.05, 3.63) is 82.9 Å². The monoisotopic (exact) mass is 386 g/mol. The number of benzene rings is 3. The Hall–Kier alpha value is -3.64. The van der Waals surface area contributed by atoms with Crippen LogP contribution >= 0.6 is 0 Å². The van der Waals surface area contributed by atoms with Gasteiger partial charge in [-0.1, -0.05) is 18.2 Å². The Balaban J connectivity index is 1.94. The summed E-state index contributed by atoms with van der Waals surface area (Å²) in [7, 11) is 1.64. The highest BCUT2D eigenvalue weighted by atomic mass is 16.5. The summed E-state index contributed by atoms with van der Waals surface area (Å²) < 4.78 is 7.38. The minimum Gasteiger partial charge on any atom is -0.380 e. The maximum absolute atomic E-state index is 12.0. The molecule has 6 nitrogen and oxygen atoms in total. The molecule has 0 bridgehead atoms. The smallest absolute Gasteiger partial charge is 0.249 e. The molecule has 29 heavy (non-hydrogen) atoms. The van der Waals surface area contributed by atoms with E-state index in [1.165, 1.54) is 0 Å². The highest BCUT2D eigenvalue weighted by Crippen LogP contribution is 2.32. The Kier molecular flexibility index (Phi) is 4.78. The normalized spacial score (nSPS) is 11.2. The van der Waals surface area contributed by atoms with Gasteiger partial charge in [0.25, 0.3) is 0 Å². The van der Waals surface area contributed by atoms with E-state index in [4.69, 9.17) is 16.2 Å². The summed E-state index contributed by atoms with van der Waals surface area (Å²) in [6.45, 7) is 1.01. The molecule has 145 valence electrons. The molecule has 0 atom stereocenters. The maximum Gasteiger partial charge on any atom is 0.249 e. The highest BCUT2D eigenvalue weighted by molar-refractivity contribution is 6.17. The second-order valence-corrected chi connectivity index (χ2v) is 6.91. The lowest BCUT2D eigenvalue weighted by Crippen LogP contribution is -2.11. The fourth-order valence-corrected chi connectivity index (χ4v) is 3.68. The molecule has 0 saturated carbocycles. The number of rotatable bonds is 6. The number of carbonyl (C=O) groups is 2. The van der Waals surface area contributed by atoms with Crippen LogP contribution in [0.15, 0.2) is 54.6 Å². The third-order valence-corrected chi connectivity index (χ3v) is 5.01. The van der Waals surface area contributed by atoms with Crippen molar-refractivity contribution in [3.63, 3.8) is 0 Å². The minimum atomic E-state index is -0.477. The van der Waals surface area contributed by atoms with E-state index in [1.807, 2.05) is 36.4 Å². The summed E-state index contributed by atoms with van der Waals surface area (Å²) in [6.07, 6.45) is 0. The molecule has 0 fully saturated rings. The molecule has 0 saturated heterocycles. The molecule has 1 radical (unpaired) electrons. The molecule has 0 spiro atoms.